The second kappa shape index (κ2) is 3.76. The van der Waals surface area contributed by atoms with Crippen LogP contribution in [-0.2, 0) is 4.74 Å². The molecule has 0 aliphatic rings. The Morgan fingerprint density at radius 1 is 1.64 bits per heavy atom. The van der Waals surface area contributed by atoms with Crippen molar-refractivity contribution in [2.75, 3.05) is 6.56 Å². The third kappa shape index (κ3) is 2.08. The molecule has 0 bridgehead atoms. The first-order valence-electron chi connectivity index (χ1n) is 5.22. The van der Waals surface area contributed by atoms with Crippen LogP contribution in [0.25, 0.3) is 0 Å². The fraction of sp³-hybridized carbons (Fsp3) is 0.222. The third-order valence-corrected chi connectivity index (χ3v) is 1.16. The van der Waals surface area contributed by atoms with Crippen LogP contribution in [0.15, 0.2) is 30.3 Å². The van der Waals surface area contributed by atoms with Crippen LogP contribution in [-0.4, -0.2) is 12.5 Å². The molecule has 0 heterocycles. The van der Waals surface area contributed by atoms with Gasteiger partial charge in [0.1, 0.15) is 0 Å². The summed E-state index contributed by atoms with van der Waals surface area (Å²) < 4.78 is 32.3. The number of esters is 1. The molecular formula is C9H10O2. The molecule has 2 nitrogen and oxygen atoms in total. The molecule has 0 saturated carbocycles. The lowest BCUT2D eigenvalue weighted by molar-refractivity contribution is 0.0526. The highest BCUT2D eigenvalue weighted by Crippen LogP contribution is 1.99. The van der Waals surface area contributed by atoms with Gasteiger partial charge in [-0.05, 0) is 19.0 Å². The molecule has 0 saturated heterocycles. The number of hydrogen-bond acceptors (Lipinski definition) is 2. The first-order valence-corrected chi connectivity index (χ1v) is 3.06. The van der Waals surface area contributed by atoms with E-state index >= 15 is 0 Å². The van der Waals surface area contributed by atoms with Gasteiger partial charge in [-0.25, -0.2) is 4.79 Å². The fourth-order valence-corrected chi connectivity index (χ4v) is 0.687. The summed E-state index contributed by atoms with van der Waals surface area (Å²) in [7, 11) is 0. The SMILES string of the molecule is [2H]C([2H])C([2H])([2H])OC(=O)c1ccccc1. The van der Waals surface area contributed by atoms with Crippen molar-refractivity contribution in [2.24, 2.45) is 0 Å². The number of benzene rings is 1. The normalized spacial score (nSPS) is 16.1. The summed E-state index contributed by atoms with van der Waals surface area (Å²) in [5, 5.41) is 0. The van der Waals surface area contributed by atoms with Crippen molar-refractivity contribution >= 4 is 5.97 Å². The molecule has 0 amide bonds. The van der Waals surface area contributed by atoms with E-state index in [1.54, 1.807) is 18.2 Å². The van der Waals surface area contributed by atoms with Gasteiger partial charge in [-0.15, -0.1) is 0 Å². The van der Waals surface area contributed by atoms with Crippen molar-refractivity contribution in [1.29, 1.82) is 0 Å². The molecular weight excluding hydrogens is 140 g/mol. The van der Waals surface area contributed by atoms with E-state index in [1.807, 2.05) is 0 Å². The van der Waals surface area contributed by atoms with Crippen LogP contribution in [0.4, 0.5) is 0 Å². The highest BCUT2D eigenvalue weighted by Gasteiger charge is 2.02. The highest BCUT2D eigenvalue weighted by molar-refractivity contribution is 5.89. The smallest absolute Gasteiger partial charge is 0.338 e. The number of ether oxygens (including phenoxy) is 1. The number of carbonyl (C=O) groups is 1. The largest absolute Gasteiger partial charge is 0.462 e. The number of carbonyl (C=O) groups excluding carboxylic acids is 1. The van der Waals surface area contributed by atoms with Gasteiger partial charge in [0.05, 0.1) is 14.9 Å². The fourth-order valence-electron chi connectivity index (χ4n) is 0.687. The second-order valence-corrected chi connectivity index (χ2v) is 1.87. The van der Waals surface area contributed by atoms with Gasteiger partial charge in [-0.2, -0.15) is 0 Å². The molecule has 0 atom stereocenters. The van der Waals surface area contributed by atoms with Gasteiger partial charge < -0.3 is 4.74 Å². The Morgan fingerprint density at radius 2 is 2.36 bits per heavy atom. The Balaban J connectivity index is 2.73. The first kappa shape index (κ1) is 3.90. The van der Waals surface area contributed by atoms with Crippen LogP contribution in [0.5, 0.6) is 0 Å². The molecule has 1 aromatic rings. The number of hydrogen-bond donors (Lipinski definition) is 0. The maximum atomic E-state index is 11.3. The van der Waals surface area contributed by atoms with E-state index in [-0.39, 0.29) is 5.56 Å². The highest BCUT2D eigenvalue weighted by atomic mass is 16.5. The van der Waals surface area contributed by atoms with Gasteiger partial charge in [0.15, 0.2) is 0 Å². The van der Waals surface area contributed by atoms with Crippen LogP contribution >= 0.6 is 0 Å². The van der Waals surface area contributed by atoms with Crippen LogP contribution in [0.1, 0.15) is 22.7 Å². The van der Waals surface area contributed by atoms with Gasteiger partial charge in [-0.3, -0.25) is 0 Å². The van der Waals surface area contributed by atoms with Crippen molar-refractivity contribution in [3.8, 4) is 0 Å². The summed E-state index contributed by atoms with van der Waals surface area (Å²) in [6, 6.07) is 7.89. The van der Waals surface area contributed by atoms with Crippen LogP contribution in [0, 0.1) is 0 Å². The average Bonchev–Trinajstić information content (AvgIpc) is 2.18. The van der Waals surface area contributed by atoms with Crippen LogP contribution < -0.4 is 0 Å². The molecule has 11 heavy (non-hydrogen) atoms. The topological polar surface area (TPSA) is 26.3 Å². The molecule has 1 rings (SSSR count). The Hall–Kier alpha value is -1.31. The molecule has 0 N–H and O–H groups in total. The maximum absolute atomic E-state index is 11.3. The summed E-state index contributed by atoms with van der Waals surface area (Å²) >= 11 is 0. The van der Waals surface area contributed by atoms with E-state index in [2.05, 4.69) is 4.74 Å². The van der Waals surface area contributed by atoms with E-state index in [4.69, 9.17) is 5.48 Å². The zero-order valence-electron chi connectivity index (χ0n) is 9.78. The summed E-state index contributed by atoms with van der Waals surface area (Å²) in [5.41, 5.74) is 0.196. The lowest BCUT2D eigenvalue weighted by Crippen LogP contribution is -2.03. The summed E-state index contributed by atoms with van der Waals surface area (Å²) in [4.78, 5) is 11.3. The Kier molecular flexibility index (Phi) is 1.33. The summed E-state index contributed by atoms with van der Waals surface area (Å²) in [6.07, 6.45) is 0. The van der Waals surface area contributed by atoms with Crippen molar-refractivity contribution in [1.82, 2.24) is 0 Å². The Morgan fingerprint density at radius 3 is 3.00 bits per heavy atom. The molecule has 0 aliphatic carbocycles. The Labute approximate surface area is 71.4 Å². The third-order valence-electron chi connectivity index (χ3n) is 1.16. The minimum Gasteiger partial charge on any atom is -0.462 e. The maximum Gasteiger partial charge on any atom is 0.338 e. The lowest BCUT2D eigenvalue weighted by atomic mass is 10.2. The molecule has 2 heteroatoms. The van der Waals surface area contributed by atoms with E-state index in [9.17, 15) is 4.79 Å². The van der Waals surface area contributed by atoms with E-state index < -0.39 is 19.4 Å². The van der Waals surface area contributed by atoms with Crippen LogP contribution in [0.2, 0.25) is 0 Å². The zero-order valence-corrected chi connectivity index (χ0v) is 5.78. The molecule has 1 aromatic carbocycles. The van der Waals surface area contributed by atoms with Gasteiger partial charge >= 0.3 is 5.97 Å². The van der Waals surface area contributed by atoms with Crippen molar-refractivity contribution < 1.29 is 15.0 Å². The van der Waals surface area contributed by atoms with Gasteiger partial charge in [0.25, 0.3) is 0 Å². The van der Waals surface area contributed by atoms with Crippen molar-refractivity contribution in [3.05, 3.63) is 35.9 Å². The molecule has 58 valence electrons. The van der Waals surface area contributed by atoms with E-state index in [1.165, 1.54) is 12.1 Å². The zero-order chi connectivity index (χ0) is 11.5. The lowest BCUT2D eigenvalue weighted by Gasteiger charge is -1.99. The van der Waals surface area contributed by atoms with Crippen molar-refractivity contribution in [2.45, 2.75) is 6.88 Å². The molecule has 0 fully saturated rings. The minimum absolute atomic E-state index is 0.196. The second-order valence-electron chi connectivity index (χ2n) is 1.87. The quantitative estimate of drug-likeness (QED) is 0.608. The number of rotatable bonds is 2. The predicted octanol–water partition coefficient (Wildman–Crippen LogP) is 1.86. The van der Waals surface area contributed by atoms with E-state index in [0.717, 1.165) is 0 Å². The molecule has 0 aliphatic heterocycles. The monoisotopic (exact) mass is 154 g/mol. The molecule has 0 spiro atoms. The van der Waals surface area contributed by atoms with Gasteiger partial charge in [0.2, 0.25) is 0 Å². The standard InChI is InChI=1S/C9H10O2/c1-2-11-9(10)8-6-4-3-5-7-8/h3-7H,2H2,1H3/i1D2,2D2. The van der Waals surface area contributed by atoms with Gasteiger partial charge in [-0.1, -0.05) is 18.2 Å². The Bertz CT molecular complexity index is 337. The van der Waals surface area contributed by atoms with E-state index in [0.29, 0.717) is 0 Å². The summed E-state index contributed by atoms with van der Waals surface area (Å²) in [5.74, 6) is -0.870. The first-order chi connectivity index (χ1) is 6.93. The molecule has 0 aromatic heterocycles. The predicted molar refractivity (Wildman–Crippen MR) is 42.4 cm³/mol. The van der Waals surface area contributed by atoms with Crippen molar-refractivity contribution in [3.63, 3.8) is 0 Å². The van der Waals surface area contributed by atoms with Gasteiger partial charge in [0, 0.05) is 2.74 Å². The summed E-state index contributed by atoms with van der Waals surface area (Å²) in [6.45, 7) is -4.46. The average molecular weight is 154 g/mol. The minimum atomic E-state index is -2.59. The molecule has 0 unspecified atom stereocenters. The molecule has 0 radical (unpaired) electrons. The van der Waals surface area contributed by atoms with Crippen LogP contribution in [0.3, 0.4) is 0 Å².